The fourth-order valence-corrected chi connectivity index (χ4v) is 1.92. The fourth-order valence-electron chi connectivity index (χ4n) is 1.92. The number of hydrogen-bond donors (Lipinski definition) is 1. The molecule has 1 aliphatic rings. The Kier molecular flexibility index (Phi) is 3.63. The van der Waals surface area contributed by atoms with Crippen molar-refractivity contribution in [2.75, 3.05) is 25.9 Å². The van der Waals surface area contributed by atoms with Gasteiger partial charge >= 0.3 is 0 Å². The van der Waals surface area contributed by atoms with Gasteiger partial charge in [-0.2, -0.15) is 5.10 Å². The lowest BCUT2D eigenvalue weighted by Gasteiger charge is -2.20. The average molecular weight is 238 g/mol. The van der Waals surface area contributed by atoms with Gasteiger partial charge in [0.1, 0.15) is 6.54 Å². The topological polar surface area (TPSA) is 73.4 Å². The number of hydrogen-bond acceptors (Lipinski definition) is 4. The van der Waals surface area contributed by atoms with Crippen molar-refractivity contribution in [2.45, 2.75) is 25.5 Å². The Balaban J connectivity index is 1.82. The number of carbonyl (C=O) groups excluding carboxylic acids is 1. The standard InChI is InChI=1S/C11H18N4O2/c1-14(7-10-3-2-4-17-10)11(16)8-15-6-9(12)5-13-15/h5-6,10H,2-4,7-8,12H2,1H3. The molecule has 1 unspecified atom stereocenters. The minimum Gasteiger partial charge on any atom is -0.396 e. The number of aromatic nitrogens is 2. The Hall–Kier alpha value is -1.56. The van der Waals surface area contributed by atoms with Crippen molar-refractivity contribution in [3.05, 3.63) is 12.4 Å². The SMILES string of the molecule is CN(CC1CCCO1)C(=O)Cn1cc(N)cn1. The van der Waals surface area contributed by atoms with Crippen LogP contribution in [0.25, 0.3) is 0 Å². The van der Waals surface area contributed by atoms with Crippen LogP contribution >= 0.6 is 0 Å². The maximum absolute atomic E-state index is 11.9. The maximum Gasteiger partial charge on any atom is 0.244 e. The molecule has 2 rings (SSSR count). The zero-order chi connectivity index (χ0) is 12.3. The van der Waals surface area contributed by atoms with Crippen LogP contribution in [0.15, 0.2) is 12.4 Å². The second-order valence-corrected chi connectivity index (χ2v) is 4.38. The molecule has 1 aliphatic heterocycles. The minimum atomic E-state index is 0.0172. The van der Waals surface area contributed by atoms with Crippen molar-refractivity contribution >= 4 is 11.6 Å². The summed E-state index contributed by atoms with van der Waals surface area (Å²) in [5.74, 6) is 0.0172. The highest BCUT2D eigenvalue weighted by Gasteiger charge is 2.20. The quantitative estimate of drug-likeness (QED) is 0.807. The molecule has 1 aromatic heterocycles. The van der Waals surface area contributed by atoms with Crippen molar-refractivity contribution in [1.82, 2.24) is 14.7 Å². The largest absolute Gasteiger partial charge is 0.396 e. The first-order valence-corrected chi connectivity index (χ1v) is 5.78. The van der Waals surface area contributed by atoms with Crippen LogP contribution in [0.2, 0.25) is 0 Å². The first-order chi connectivity index (χ1) is 8.15. The van der Waals surface area contributed by atoms with Gasteiger partial charge in [0.05, 0.1) is 18.0 Å². The van der Waals surface area contributed by atoms with E-state index in [-0.39, 0.29) is 18.6 Å². The van der Waals surface area contributed by atoms with E-state index in [2.05, 4.69) is 5.10 Å². The number of carbonyl (C=O) groups is 1. The molecule has 2 N–H and O–H groups in total. The third-order valence-corrected chi connectivity index (χ3v) is 2.88. The molecule has 6 heteroatoms. The molecular weight excluding hydrogens is 220 g/mol. The van der Waals surface area contributed by atoms with Crippen molar-refractivity contribution in [1.29, 1.82) is 0 Å². The van der Waals surface area contributed by atoms with Gasteiger partial charge in [0, 0.05) is 26.4 Å². The zero-order valence-corrected chi connectivity index (χ0v) is 10.0. The molecule has 2 heterocycles. The van der Waals surface area contributed by atoms with E-state index >= 15 is 0 Å². The van der Waals surface area contributed by atoms with Crippen LogP contribution in [-0.4, -0.2) is 46.9 Å². The first-order valence-electron chi connectivity index (χ1n) is 5.78. The van der Waals surface area contributed by atoms with E-state index in [0.717, 1.165) is 19.4 Å². The van der Waals surface area contributed by atoms with Crippen LogP contribution in [0.1, 0.15) is 12.8 Å². The van der Waals surface area contributed by atoms with E-state index in [4.69, 9.17) is 10.5 Å². The normalized spacial score (nSPS) is 19.5. The van der Waals surface area contributed by atoms with Gasteiger partial charge in [-0.15, -0.1) is 0 Å². The number of nitrogens with zero attached hydrogens (tertiary/aromatic N) is 3. The molecule has 1 atom stereocenters. The number of likely N-dealkylation sites (N-methyl/N-ethyl adjacent to an activating group) is 1. The molecule has 0 bridgehead atoms. The monoisotopic (exact) mass is 238 g/mol. The van der Waals surface area contributed by atoms with Gasteiger partial charge in [0.25, 0.3) is 0 Å². The second kappa shape index (κ2) is 5.18. The summed E-state index contributed by atoms with van der Waals surface area (Å²) in [6.45, 7) is 1.68. The number of ether oxygens (including phenoxy) is 1. The van der Waals surface area contributed by atoms with E-state index in [1.165, 1.54) is 6.20 Å². The number of amides is 1. The van der Waals surface area contributed by atoms with Crippen LogP contribution in [-0.2, 0) is 16.1 Å². The smallest absolute Gasteiger partial charge is 0.244 e. The van der Waals surface area contributed by atoms with E-state index in [0.29, 0.717) is 12.2 Å². The van der Waals surface area contributed by atoms with Gasteiger partial charge in [0.2, 0.25) is 5.91 Å². The number of nitrogens with two attached hydrogens (primary N) is 1. The fraction of sp³-hybridized carbons (Fsp3) is 0.636. The summed E-state index contributed by atoms with van der Waals surface area (Å²) in [7, 11) is 1.79. The molecule has 1 aromatic rings. The molecule has 1 fully saturated rings. The molecule has 1 saturated heterocycles. The van der Waals surface area contributed by atoms with Crippen molar-refractivity contribution in [3.63, 3.8) is 0 Å². The molecule has 0 spiro atoms. The van der Waals surface area contributed by atoms with Crippen LogP contribution in [0.5, 0.6) is 0 Å². The Labute approximate surface area is 100 Å². The average Bonchev–Trinajstić information content (AvgIpc) is 2.90. The minimum absolute atomic E-state index is 0.0172. The Bertz CT molecular complexity index is 385. The Morgan fingerprint density at radius 1 is 1.76 bits per heavy atom. The summed E-state index contributed by atoms with van der Waals surface area (Å²) in [5, 5.41) is 3.98. The predicted octanol–water partition coefficient (Wildman–Crippen LogP) is 0.103. The molecule has 0 aromatic carbocycles. The molecule has 0 radical (unpaired) electrons. The van der Waals surface area contributed by atoms with Crippen molar-refractivity contribution < 1.29 is 9.53 Å². The Morgan fingerprint density at radius 2 is 2.59 bits per heavy atom. The Morgan fingerprint density at radius 3 is 3.18 bits per heavy atom. The summed E-state index contributed by atoms with van der Waals surface area (Å²) < 4.78 is 7.04. The van der Waals surface area contributed by atoms with E-state index in [9.17, 15) is 4.79 Å². The highest BCUT2D eigenvalue weighted by atomic mass is 16.5. The summed E-state index contributed by atoms with van der Waals surface area (Å²) in [5.41, 5.74) is 6.10. The van der Waals surface area contributed by atoms with Gasteiger partial charge in [-0.05, 0) is 12.8 Å². The van der Waals surface area contributed by atoms with Crippen molar-refractivity contribution in [2.24, 2.45) is 0 Å². The highest BCUT2D eigenvalue weighted by Crippen LogP contribution is 2.12. The molecule has 0 aliphatic carbocycles. The van der Waals surface area contributed by atoms with Crippen LogP contribution in [0.4, 0.5) is 5.69 Å². The van der Waals surface area contributed by atoms with Gasteiger partial charge in [-0.3, -0.25) is 9.48 Å². The van der Waals surface area contributed by atoms with Crippen LogP contribution < -0.4 is 5.73 Å². The molecule has 17 heavy (non-hydrogen) atoms. The van der Waals surface area contributed by atoms with Gasteiger partial charge in [0.15, 0.2) is 0 Å². The zero-order valence-electron chi connectivity index (χ0n) is 10.0. The summed E-state index contributed by atoms with van der Waals surface area (Å²) in [4.78, 5) is 13.6. The van der Waals surface area contributed by atoms with Gasteiger partial charge in [-0.25, -0.2) is 0 Å². The summed E-state index contributed by atoms with van der Waals surface area (Å²) in [6.07, 6.45) is 5.49. The molecule has 1 amide bonds. The van der Waals surface area contributed by atoms with Crippen LogP contribution in [0.3, 0.4) is 0 Å². The van der Waals surface area contributed by atoms with Gasteiger partial charge in [-0.1, -0.05) is 0 Å². The van der Waals surface area contributed by atoms with E-state index in [1.54, 1.807) is 22.8 Å². The second-order valence-electron chi connectivity index (χ2n) is 4.38. The number of rotatable bonds is 4. The molecule has 0 saturated carbocycles. The lowest BCUT2D eigenvalue weighted by atomic mass is 10.2. The molecule has 94 valence electrons. The third kappa shape index (κ3) is 3.20. The number of anilines is 1. The number of nitrogen functional groups attached to an aromatic ring is 1. The third-order valence-electron chi connectivity index (χ3n) is 2.88. The van der Waals surface area contributed by atoms with Crippen LogP contribution in [0, 0.1) is 0 Å². The predicted molar refractivity (Wildman–Crippen MR) is 63.3 cm³/mol. The summed E-state index contributed by atoms with van der Waals surface area (Å²) in [6, 6.07) is 0. The maximum atomic E-state index is 11.9. The van der Waals surface area contributed by atoms with E-state index < -0.39 is 0 Å². The first kappa shape index (κ1) is 11.9. The molecule has 6 nitrogen and oxygen atoms in total. The lowest BCUT2D eigenvalue weighted by molar-refractivity contribution is -0.132. The summed E-state index contributed by atoms with van der Waals surface area (Å²) >= 11 is 0. The highest BCUT2D eigenvalue weighted by molar-refractivity contribution is 5.75. The molecular formula is C11H18N4O2. The lowest BCUT2D eigenvalue weighted by Crippen LogP contribution is -2.36. The van der Waals surface area contributed by atoms with Gasteiger partial charge < -0.3 is 15.4 Å². The van der Waals surface area contributed by atoms with E-state index in [1.807, 2.05) is 0 Å². The van der Waals surface area contributed by atoms with Crippen molar-refractivity contribution in [3.8, 4) is 0 Å².